The first-order valence-corrected chi connectivity index (χ1v) is 15.6. The Bertz CT molecular complexity index is 829. The van der Waals surface area contributed by atoms with Gasteiger partial charge in [0.15, 0.2) is 0 Å². The van der Waals surface area contributed by atoms with Crippen LogP contribution in [0.5, 0.6) is 0 Å². The molecular weight excluding hydrogens is 486 g/mol. The quantitative estimate of drug-likeness (QED) is 0.0974. The summed E-state index contributed by atoms with van der Waals surface area (Å²) >= 11 is 5.75. The van der Waals surface area contributed by atoms with Gasteiger partial charge in [-0.25, -0.2) is 0 Å². The predicted octanol–water partition coefficient (Wildman–Crippen LogP) is 5.68. The number of benzene rings is 3. The van der Waals surface area contributed by atoms with Crippen LogP contribution in [-0.4, -0.2) is 12.0 Å². The first-order chi connectivity index (χ1) is 16.9. The van der Waals surface area contributed by atoms with E-state index in [1.54, 1.807) is 0 Å². The maximum atomic E-state index is 5.75. The molecule has 0 saturated heterocycles. The smallest absolute Gasteiger partial charge is 0.115 e. The van der Waals surface area contributed by atoms with Gasteiger partial charge in [-0.2, -0.15) is 0 Å². The molecule has 0 saturated carbocycles. The zero-order valence-corrected chi connectivity index (χ0v) is 23.4. The Kier molecular flexibility index (Phi) is 15.1. The van der Waals surface area contributed by atoms with Crippen LogP contribution in [0, 0.1) is 0 Å². The third kappa shape index (κ3) is 9.42. The fourth-order valence-corrected chi connectivity index (χ4v) is 8.98. The molecular formula is C32H41Cl2P. The minimum atomic E-state index is -1.73. The van der Waals surface area contributed by atoms with Gasteiger partial charge in [-0.1, -0.05) is 112 Å². The van der Waals surface area contributed by atoms with E-state index in [1.165, 1.54) is 80.1 Å². The minimum Gasteiger partial charge on any atom is -1.00 e. The molecule has 188 valence electrons. The summed E-state index contributed by atoms with van der Waals surface area (Å²) < 4.78 is 0. The Morgan fingerprint density at radius 3 is 1.26 bits per heavy atom. The molecule has 3 rings (SSSR count). The van der Waals surface area contributed by atoms with E-state index in [2.05, 4.69) is 103 Å². The van der Waals surface area contributed by atoms with Gasteiger partial charge < -0.3 is 12.4 Å². The van der Waals surface area contributed by atoms with Crippen LogP contribution in [0.15, 0.2) is 103 Å². The Morgan fingerprint density at radius 1 is 0.486 bits per heavy atom. The van der Waals surface area contributed by atoms with Crippen LogP contribution in [0.2, 0.25) is 0 Å². The number of unbranched alkanes of at least 4 members (excludes halogenated alkanes) is 9. The van der Waals surface area contributed by atoms with Crippen molar-refractivity contribution in [1.82, 2.24) is 0 Å². The molecule has 0 aliphatic rings. The lowest BCUT2D eigenvalue weighted by Gasteiger charge is -2.26. The van der Waals surface area contributed by atoms with Crippen molar-refractivity contribution in [3.8, 4) is 0 Å². The molecule has 3 heteroatoms. The second-order valence-corrected chi connectivity index (χ2v) is 13.0. The van der Waals surface area contributed by atoms with Crippen LogP contribution in [0.1, 0.15) is 64.2 Å². The molecule has 0 aromatic heterocycles. The van der Waals surface area contributed by atoms with Gasteiger partial charge in [0, 0.05) is 5.88 Å². The highest BCUT2D eigenvalue weighted by atomic mass is 35.5. The molecule has 3 aromatic carbocycles. The summed E-state index contributed by atoms with van der Waals surface area (Å²) in [4.78, 5) is 0. The molecule has 0 aliphatic heterocycles. The molecule has 0 N–H and O–H groups in total. The highest BCUT2D eigenvalue weighted by Gasteiger charge is 2.43. The summed E-state index contributed by atoms with van der Waals surface area (Å²) in [6.07, 6.45) is 19.2. The molecule has 0 spiro atoms. The molecule has 0 bridgehead atoms. The standard InChI is InChI=1S/C32H41ClP.ClH/c33-28-20-9-7-5-3-1-2-4-6-8-10-21-29-34(30-22-14-11-15-23-30,31-24-16-12-17-25-31)32-26-18-13-19-27-32;/h10-19,21-27H,1-9,20,28-29H2;1H/q+1;/p-1. The SMILES string of the molecule is ClCCCCCCCCCCCC=CC[P+](c1ccccc1)(c1ccccc1)c1ccccc1.[Cl-]. The molecule has 0 aliphatic carbocycles. The van der Waals surface area contributed by atoms with Crippen molar-refractivity contribution in [2.45, 2.75) is 64.2 Å². The van der Waals surface area contributed by atoms with Gasteiger partial charge in [-0.05, 0) is 55.7 Å². The van der Waals surface area contributed by atoms with Crippen molar-refractivity contribution in [3.63, 3.8) is 0 Å². The Labute approximate surface area is 226 Å². The molecule has 0 radical (unpaired) electrons. The lowest BCUT2D eigenvalue weighted by molar-refractivity contribution is -0.00000676. The normalized spacial score (nSPS) is 11.5. The molecule has 0 fully saturated rings. The van der Waals surface area contributed by atoms with E-state index in [9.17, 15) is 0 Å². The van der Waals surface area contributed by atoms with E-state index in [4.69, 9.17) is 11.6 Å². The van der Waals surface area contributed by atoms with Gasteiger partial charge >= 0.3 is 0 Å². The zero-order chi connectivity index (χ0) is 23.7. The van der Waals surface area contributed by atoms with E-state index in [-0.39, 0.29) is 12.4 Å². The molecule has 35 heavy (non-hydrogen) atoms. The lowest BCUT2D eigenvalue weighted by Crippen LogP contribution is -3.00. The zero-order valence-electron chi connectivity index (χ0n) is 21.0. The topological polar surface area (TPSA) is 0 Å². The fourth-order valence-electron chi connectivity index (χ4n) is 4.76. The highest BCUT2D eigenvalue weighted by molar-refractivity contribution is 7.95. The molecule has 0 amide bonds. The van der Waals surface area contributed by atoms with Crippen LogP contribution in [0.3, 0.4) is 0 Å². The monoisotopic (exact) mass is 526 g/mol. The maximum Gasteiger partial charge on any atom is 0.115 e. The average Bonchev–Trinajstić information content (AvgIpc) is 2.91. The lowest BCUT2D eigenvalue weighted by atomic mass is 10.1. The Balaban J connectivity index is 0.00000432. The number of hydrogen-bond donors (Lipinski definition) is 0. The summed E-state index contributed by atoms with van der Waals surface area (Å²) in [5, 5.41) is 4.38. The Morgan fingerprint density at radius 2 is 0.857 bits per heavy atom. The van der Waals surface area contributed by atoms with E-state index < -0.39 is 7.26 Å². The third-order valence-electron chi connectivity index (χ3n) is 6.64. The summed E-state index contributed by atoms with van der Waals surface area (Å²) in [6.45, 7) is 0. The second kappa shape index (κ2) is 17.8. The van der Waals surface area contributed by atoms with E-state index >= 15 is 0 Å². The summed E-state index contributed by atoms with van der Waals surface area (Å²) in [5.41, 5.74) is 0. The summed E-state index contributed by atoms with van der Waals surface area (Å²) in [5.74, 6) is 0.818. The van der Waals surface area contributed by atoms with Gasteiger partial charge in [0.2, 0.25) is 0 Å². The molecule has 0 heterocycles. The maximum absolute atomic E-state index is 5.75. The predicted molar refractivity (Wildman–Crippen MR) is 156 cm³/mol. The molecule has 0 unspecified atom stereocenters. The minimum absolute atomic E-state index is 0. The summed E-state index contributed by atoms with van der Waals surface area (Å²) in [6, 6.07) is 33.5. The van der Waals surface area contributed by atoms with Crippen molar-refractivity contribution < 1.29 is 12.4 Å². The molecule has 0 atom stereocenters. The largest absolute Gasteiger partial charge is 1.00 e. The van der Waals surface area contributed by atoms with E-state index in [0.29, 0.717) is 0 Å². The van der Waals surface area contributed by atoms with Gasteiger partial charge in [0.1, 0.15) is 23.2 Å². The number of allylic oxidation sites excluding steroid dienone is 2. The van der Waals surface area contributed by atoms with Crippen molar-refractivity contribution in [3.05, 3.63) is 103 Å². The molecule has 0 nitrogen and oxygen atoms in total. The Hall–Kier alpha value is -1.59. The summed E-state index contributed by atoms with van der Waals surface area (Å²) in [7, 11) is -1.73. The second-order valence-electron chi connectivity index (χ2n) is 9.13. The van der Waals surface area contributed by atoms with Crippen LogP contribution in [0.25, 0.3) is 0 Å². The highest BCUT2D eigenvalue weighted by Crippen LogP contribution is 2.55. The number of hydrogen-bond acceptors (Lipinski definition) is 0. The van der Waals surface area contributed by atoms with Crippen LogP contribution < -0.4 is 28.3 Å². The first kappa shape index (κ1) is 29.6. The van der Waals surface area contributed by atoms with Gasteiger partial charge in [-0.15, -0.1) is 11.6 Å². The van der Waals surface area contributed by atoms with E-state index in [1.807, 2.05) is 0 Å². The average molecular weight is 528 g/mol. The van der Waals surface area contributed by atoms with Crippen LogP contribution >= 0.6 is 18.9 Å². The van der Waals surface area contributed by atoms with Gasteiger partial charge in [-0.3, -0.25) is 0 Å². The number of alkyl halides is 1. The van der Waals surface area contributed by atoms with Gasteiger partial charge in [0.05, 0.1) is 6.16 Å². The molecule has 3 aromatic rings. The number of halogens is 2. The van der Waals surface area contributed by atoms with E-state index in [0.717, 1.165) is 12.0 Å². The first-order valence-electron chi connectivity index (χ1n) is 13.1. The third-order valence-corrected chi connectivity index (χ3v) is 11.2. The fraction of sp³-hybridized carbons (Fsp3) is 0.375. The van der Waals surface area contributed by atoms with Gasteiger partial charge in [0.25, 0.3) is 0 Å². The van der Waals surface area contributed by atoms with Crippen molar-refractivity contribution in [2.24, 2.45) is 0 Å². The van der Waals surface area contributed by atoms with Crippen LogP contribution in [-0.2, 0) is 0 Å². The number of rotatable bonds is 16. The van der Waals surface area contributed by atoms with Crippen LogP contribution in [0.4, 0.5) is 0 Å². The van der Waals surface area contributed by atoms with Crippen molar-refractivity contribution >= 4 is 34.8 Å². The van der Waals surface area contributed by atoms with Crippen molar-refractivity contribution in [1.29, 1.82) is 0 Å². The van der Waals surface area contributed by atoms with Crippen molar-refractivity contribution in [2.75, 3.05) is 12.0 Å².